The normalized spacial score (nSPS) is 14.1. The number of aliphatic hydroxyl groups excluding tert-OH is 1. The van der Waals surface area contributed by atoms with Crippen molar-refractivity contribution in [2.24, 2.45) is 5.92 Å². The average Bonchev–Trinajstić information content (AvgIpc) is 3.71. The largest absolute Gasteiger partial charge is 0.472 e. The van der Waals surface area contributed by atoms with E-state index >= 15 is 0 Å². The zero-order chi connectivity index (χ0) is 65.6. The molecule has 0 aromatic heterocycles. The molecule has 0 aliphatic carbocycles. The maximum absolute atomic E-state index is 13.0. The molecule has 0 rings (SSSR count). The van der Waals surface area contributed by atoms with E-state index < -0.39 is 97.5 Å². The highest BCUT2D eigenvalue weighted by Gasteiger charge is 2.30. The van der Waals surface area contributed by atoms with Crippen molar-refractivity contribution in [3.8, 4) is 0 Å². The summed E-state index contributed by atoms with van der Waals surface area (Å²) < 4.78 is 68.2. The third-order valence-corrected chi connectivity index (χ3v) is 18.2. The smallest absolute Gasteiger partial charge is 0.462 e. The first-order chi connectivity index (χ1) is 43.0. The van der Waals surface area contributed by atoms with Crippen molar-refractivity contribution < 1.29 is 80.2 Å². The molecule has 0 saturated carbocycles. The van der Waals surface area contributed by atoms with Gasteiger partial charge in [0.25, 0.3) is 0 Å². The second-order valence-electron chi connectivity index (χ2n) is 25.7. The summed E-state index contributed by atoms with van der Waals surface area (Å²) in [6, 6.07) is 0. The second-order valence-corrected chi connectivity index (χ2v) is 28.7. The average molecular weight is 1310 g/mol. The van der Waals surface area contributed by atoms with Crippen molar-refractivity contribution in [3.05, 3.63) is 0 Å². The molecule has 0 aromatic carbocycles. The first-order valence-electron chi connectivity index (χ1n) is 36.6. The van der Waals surface area contributed by atoms with Gasteiger partial charge >= 0.3 is 39.5 Å². The Hall–Kier alpha value is -1.94. The molecule has 0 radical (unpaired) electrons. The topological polar surface area (TPSA) is 237 Å². The summed E-state index contributed by atoms with van der Waals surface area (Å²) >= 11 is 0. The third kappa shape index (κ3) is 64.6. The standard InChI is InChI=1S/C70H136O17P2/c1-6-9-12-15-18-21-23-30-34-39-44-49-54-68(73)81-60-66(87-70(75)56-51-46-41-36-31-27-25-24-26-29-33-37-42-47-52-63(4)5)62-85-89(78,79)83-58-64(71)57-82-88(76,77)84-61-65(59-80-67(72)53-48-43-38-32-20-17-14-11-8-3)86-69(74)55-50-45-40-35-28-22-19-16-13-10-7-2/h63-66,71H,6-62H2,1-5H3,(H,76,77)(H,78,79)/t64-,65+,66+/m0/s1. The number of hydrogen-bond donors (Lipinski definition) is 3. The van der Waals surface area contributed by atoms with Gasteiger partial charge in [0.2, 0.25) is 0 Å². The minimum absolute atomic E-state index is 0.107. The molecule has 17 nitrogen and oxygen atoms in total. The molecule has 0 spiro atoms. The van der Waals surface area contributed by atoms with Gasteiger partial charge in [-0.25, -0.2) is 9.13 Å². The Morgan fingerprint density at radius 2 is 0.517 bits per heavy atom. The quantitative estimate of drug-likeness (QED) is 0.0222. The number of unbranched alkanes of at least 4 members (excludes halogenated alkanes) is 42. The fourth-order valence-electron chi connectivity index (χ4n) is 10.6. The van der Waals surface area contributed by atoms with Crippen LogP contribution in [0.15, 0.2) is 0 Å². The SMILES string of the molecule is CCCCCCCCCCCCCCC(=O)OC[C@H](COP(=O)(O)OC[C@@H](O)COP(=O)(O)OC[C@@H](COC(=O)CCCCCCCCCCC)OC(=O)CCCCCCCCCCCCC)OC(=O)CCCCCCCCCCCCCCCCC(C)C. The highest BCUT2D eigenvalue weighted by Crippen LogP contribution is 2.45. The van der Waals surface area contributed by atoms with Crippen molar-refractivity contribution in [1.29, 1.82) is 0 Å². The summed E-state index contributed by atoms with van der Waals surface area (Å²) in [4.78, 5) is 72.5. The van der Waals surface area contributed by atoms with Gasteiger partial charge in [-0.2, -0.15) is 0 Å². The van der Waals surface area contributed by atoms with Crippen molar-refractivity contribution in [3.63, 3.8) is 0 Å². The molecule has 0 aliphatic heterocycles. The van der Waals surface area contributed by atoms with Gasteiger partial charge in [-0.1, -0.05) is 311 Å². The Balaban J connectivity index is 5.22. The number of rotatable bonds is 70. The van der Waals surface area contributed by atoms with Crippen molar-refractivity contribution in [2.45, 2.75) is 380 Å². The Labute approximate surface area is 543 Å². The van der Waals surface area contributed by atoms with Crippen molar-refractivity contribution in [1.82, 2.24) is 0 Å². The lowest BCUT2D eigenvalue weighted by Crippen LogP contribution is -2.30. The summed E-state index contributed by atoms with van der Waals surface area (Å²) in [5, 5.41) is 10.6. The number of aliphatic hydroxyl groups is 1. The third-order valence-electron chi connectivity index (χ3n) is 16.3. The summed E-state index contributed by atoms with van der Waals surface area (Å²) in [5.74, 6) is -1.33. The van der Waals surface area contributed by atoms with Gasteiger partial charge in [0.05, 0.1) is 26.4 Å². The van der Waals surface area contributed by atoms with Gasteiger partial charge in [-0.15, -0.1) is 0 Å². The lowest BCUT2D eigenvalue weighted by molar-refractivity contribution is -0.161. The maximum Gasteiger partial charge on any atom is 0.472 e. The molecule has 19 heteroatoms. The van der Waals surface area contributed by atoms with Crippen LogP contribution in [0.25, 0.3) is 0 Å². The van der Waals surface area contributed by atoms with E-state index in [9.17, 15) is 43.2 Å². The van der Waals surface area contributed by atoms with Crippen LogP contribution in [0.2, 0.25) is 0 Å². The minimum atomic E-state index is -4.95. The number of ether oxygens (including phenoxy) is 4. The van der Waals surface area contributed by atoms with Crippen LogP contribution >= 0.6 is 15.6 Å². The van der Waals surface area contributed by atoms with Crippen LogP contribution < -0.4 is 0 Å². The molecule has 3 N–H and O–H groups in total. The predicted molar refractivity (Wildman–Crippen MR) is 358 cm³/mol. The van der Waals surface area contributed by atoms with E-state index in [0.29, 0.717) is 25.7 Å². The fraction of sp³-hybridized carbons (Fsp3) is 0.943. The van der Waals surface area contributed by atoms with Crippen molar-refractivity contribution in [2.75, 3.05) is 39.6 Å². The Morgan fingerprint density at radius 1 is 0.303 bits per heavy atom. The molecule has 5 atom stereocenters. The van der Waals surface area contributed by atoms with E-state index in [1.165, 1.54) is 186 Å². The van der Waals surface area contributed by atoms with Crippen LogP contribution in [0, 0.1) is 5.92 Å². The zero-order valence-corrected chi connectivity index (χ0v) is 59.4. The Bertz CT molecular complexity index is 1720. The van der Waals surface area contributed by atoms with Gasteiger partial charge in [-0.3, -0.25) is 37.3 Å². The van der Waals surface area contributed by atoms with E-state index in [4.69, 9.17) is 37.0 Å². The first kappa shape index (κ1) is 87.1. The minimum Gasteiger partial charge on any atom is -0.462 e. The summed E-state index contributed by atoms with van der Waals surface area (Å²) in [6.07, 6.45) is 49.8. The van der Waals surface area contributed by atoms with E-state index in [2.05, 4.69) is 34.6 Å². The molecule has 2 unspecified atom stereocenters. The van der Waals surface area contributed by atoms with E-state index in [0.717, 1.165) is 95.8 Å². The lowest BCUT2D eigenvalue weighted by atomic mass is 10.0. The fourth-order valence-corrected chi connectivity index (χ4v) is 12.2. The molecule has 0 aromatic rings. The molecule has 0 amide bonds. The van der Waals surface area contributed by atoms with Crippen LogP contribution in [0.4, 0.5) is 0 Å². The van der Waals surface area contributed by atoms with Crippen LogP contribution in [-0.2, 0) is 65.4 Å². The van der Waals surface area contributed by atoms with Gasteiger partial charge in [-0.05, 0) is 31.6 Å². The lowest BCUT2D eigenvalue weighted by Gasteiger charge is -2.21. The summed E-state index contributed by atoms with van der Waals surface area (Å²) in [5.41, 5.74) is 0. The molecule has 0 fully saturated rings. The summed E-state index contributed by atoms with van der Waals surface area (Å²) in [6.45, 7) is 7.25. The molecular formula is C70H136O17P2. The molecule has 0 aliphatic rings. The van der Waals surface area contributed by atoms with E-state index in [-0.39, 0.29) is 25.7 Å². The second kappa shape index (κ2) is 63.5. The van der Waals surface area contributed by atoms with Crippen molar-refractivity contribution >= 4 is 39.5 Å². The van der Waals surface area contributed by atoms with Gasteiger partial charge in [0.15, 0.2) is 12.2 Å². The van der Waals surface area contributed by atoms with Crippen LogP contribution in [-0.4, -0.2) is 96.7 Å². The first-order valence-corrected chi connectivity index (χ1v) is 39.6. The van der Waals surface area contributed by atoms with Gasteiger partial charge in [0, 0.05) is 25.7 Å². The van der Waals surface area contributed by atoms with E-state index in [1.807, 2.05) is 0 Å². The highest BCUT2D eigenvalue weighted by atomic mass is 31.2. The molecule has 0 heterocycles. The van der Waals surface area contributed by atoms with Crippen LogP contribution in [0.3, 0.4) is 0 Å². The molecule has 89 heavy (non-hydrogen) atoms. The predicted octanol–water partition coefficient (Wildman–Crippen LogP) is 20.1. The Morgan fingerprint density at radius 3 is 0.764 bits per heavy atom. The number of esters is 4. The molecule has 0 saturated heterocycles. The molecule has 528 valence electrons. The maximum atomic E-state index is 13.0. The van der Waals surface area contributed by atoms with Gasteiger partial charge in [0.1, 0.15) is 19.3 Å². The number of carbonyl (C=O) groups is 4. The van der Waals surface area contributed by atoms with E-state index in [1.54, 1.807) is 0 Å². The number of carbonyl (C=O) groups excluding carboxylic acids is 4. The zero-order valence-electron chi connectivity index (χ0n) is 57.6. The highest BCUT2D eigenvalue weighted by molar-refractivity contribution is 7.47. The van der Waals surface area contributed by atoms with Crippen LogP contribution in [0.5, 0.6) is 0 Å². The Kier molecular flexibility index (Phi) is 62.1. The monoisotopic (exact) mass is 1310 g/mol. The summed E-state index contributed by atoms with van der Waals surface area (Å²) in [7, 11) is -9.89. The van der Waals surface area contributed by atoms with Crippen LogP contribution in [0.1, 0.15) is 362 Å². The number of phosphoric ester groups is 2. The molecule has 0 bridgehead atoms. The molecular weight excluding hydrogens is 1170 g/mol. The number of hydrogen-bond acceptors (Lipinski definition) is 15. The number of phosphoric acid groups is 2. The van der Waals surface area contributed by atoms with Gasteiger partial charge < -0.3 is 33.8 Å².